The Kier molecular flexibility index (Phi) is 8.67. The van der Waals surface area contributed by atoms with Gasteiger partial charge in [-0.15, -0.1) is 0 Å². The fourth-order valence-corrected chi connectivity index (χ4v) is 4.82. The highest BCUT2D eigenvalue weighted by Gasteiger charge is 2.17. The summed E-state index contributed by atoms with van der Waals surface area (Å²) in [6.45, 7) is 2.09. The van der Waals surface area contributed by atoms with Crippen LogP contribution in [0.2, 0.25) is 0 Å². The smallest absolute Gasteiger partial charge is 0.248 e. The molecule has 1 amide bonds. The van der Waals surface area contributed by atoms with Crippen LogP contribution in [0.5, 0.6) is 17.4 Å². The molecule has 3 aromatic heterocycles. The van der Waals surface area contributed by atoms with Crippen LogP contribution < -0.4 is 25.4 Å². The van der Waals surface area contributed by atoms with E-state index in [0.717, 1.165) is 37.1 Å². The minimum absolute atomic E-state index is 0.255. The summed E-state index contributed by atoms with van der Waals surface area (Å²) in [4.78, 5) is 26.1. The molecule has 0 unspecified atom stereocenters. The maximum Gasteiger partial charge on any atom is 0.248 e. The molecule has 44 heavy (non-hydrogen) atoms. The molecule has 0 aliphatic carbocycles. The average molecular weight is 584 g/mol. The summed E-state index contributed by atoms with van der Waals surface area (Å²) in [6, 6.07) is 22.6. The van der Waals surface area contributed by atoms with Gasteiger partial charge in [-0.05, 0) is 55.8 Å². The van der Waals surface area contributed by atoms with Gasteiger partial charge in [0.25, 0.3) is 0 Å². The van der Waals surface area contributed by atoms with E-state index < -0.39 is 0 Å². The van der Waals surface area contributed by atoms with Crippen molar-refractivity contribution >= 4 is 33.9 Å². The zero-order chi connectivity index (χ0) is 30.1. The van der Waals surface area contributed by atoms with E-state index in [0.29, 0.717) is 57.5 Å². The lowest BCUT2D eigenvalue weighted by Crippen LogP contribution is -2.24. The van der Waals surface area contributed by atoms with Gasteiger partial charge in [-0.3, -0.25) is 14.8 Å². The van der Waals surface area contributed by atoms with Gasteiger partial charge < -0.3 is 25.4 Å². The second-order valence-electron chi connectivity index (χ2n) is 10.1. The maximum absolute atomic E-state index is 13.1. The molecule has 0 radical (unpaired) electrons. The van der Waals surface area contributed by atoms with E-state index >= 15 is 0 Å². The second kappa shape index (κ2) is 13.5. The Morgan fingerprint density at radius 3 is 2.57 bits per heavy atom. The molecule has 6 rings (SSSR count). The van der Waals surface area contributed by atoms with Crippen LogP contribution >= 0.6 is 0 Å². The SMILES string of the molecule is N#Cc1cnc2cc(Oc3ccncc3)c(NC(=O)C=C3CCNCC3)cc2c1Nc1ccc(OCc2ccccc2)nc1. The van der Waals surface area contributed by atoms with Gasteiger partial charge in [-0.2, -0.15) is 5.26 Å². The number of pyridine rings is 3. The lowest BCUT2D eigenvalue weighted by molar-refractivity contribution is -0.112. The Morgan fingerprint density at radius 1 is 1.00 bits per heavy atom. The van der Waals surface area contributed by atoms with Gasteiger partial charge in [-0.1, -0.05) is 35.9 Å². The molecule has 218 valence electrons. The fourth-order valence-electron chi connectivity index (χ4n) is 4.82. The summed E-state index contributed by atoms with van der Waals surface area (Å²) in [5, 5.41) is 20.2. The first kappa shape index (κ1) is 28.3. The number of benzene rings is 2. The zero-order valence-electron chi connectivity index (χ0n) is 23.8. The molecule has 0 saturated carbocycles. The van der Waals surface area contributed by atoms with Gasteiger partial charge in [0.05, 0.1) is 34.3 Å². The van der Waals surface area contributed by atoms with Crippen molar-refractivity contribution in [3.63, 3.8) is 0 Å². The lowest BCUT2D eigenvalue weighted by atomic mass is 10.0. The number of nitriles is 1. The van der Waals surface area contributed by atoms with Crippen LogP contribution in [0.15, 0.2) is 103 Å². The van der Waals surface area contributed by atoms with Gasteiger partial charge in [0.1, 0.15) is 18.4 Å². The number of aromatic nitrogens is 3. The molecule has 1 aliphatic rings. The maximum atomic E-state index is 13.1. The van der Waals surface area contributed by atoms with Gasteiger partial charge in [0.15, 0.2) is 5.75 Å². The second-order valence-corrected chi connectivity index (χ2v) is 10.1. The number of rotatable bonds is 9. The molecule has 10 nitrogen and oxygen atoms in total. The van der Waals surface area contributed by atoms with Crippen LogP contribution in [0.1, 0.15) is 24.0 Å². The van der Waals surface area contributed by atoms with Crippen molar-refractivity contribution in [2.45, 2.75) is 19.4 Å². The molecule has 5 aromatic rings. The van der Waals surface area contributed by atoms with Crippen molar-refractivity contribution in [2.75, 3.05) is 23.7 Å². The Morgan fingerprint density at radius 2 is 1.82 bits per heavy atom. The number of hydrogen-bond donors (Lipinski definition) is 3. The number of carbonyl (C=O) groups is 1. The quantitative estimate of drug-likeness (QED) is 0.172. The molecule has 3 N–H and O–H groups in total. The van der Waals surface area contributed by atoms with Crippen LogP contribution in [0.4, 0.5) is 17.1 Å². The van der Waals surface area contributed by atoms with Crippen molar-refractivity contribution in [3.8, 4) is 23.4 Å². The molecule has 4 heterocycles. The van der Waals surface area contributed by atoms with Gasteiger partial charge >= 0.3 is 0 Å². The lowest BCUT2D eigenvalue weighted by Gasteiger charge is -2.17. The van der Waals surface area contributed by atoms with Gasteiger partial charge in [-0.25, -0.2) is 4.98 Å². The number of nitrogens with one attached hydrogen (secondary N) is 3. The number of carbonyl (C=O) groups excluding carboxylic acids is 1. The number of fused-ring (bicyclic) bond motifs is 1. The molecule has 1 saturated heterocycles. The Labute approximate surface area is 254 Å². The van der Waals surface area contributed by atoms with Gasteiger partial charge in [0.2, 0.25) is 11.8 Å². The van der Waals surface area contributed by atoms with Crippen molar-refractivity contribution in [1.29, 1.82) is 5.26 Å². The van der Waals surface area contributed by atoms with Crippen LogP contribution in [-0.2, 0) is 11.4 Å². The van der Waals surface area contributed by atoms with E-state index in [-0.39, 0.29) is 5.91 Å². The summed E-state index contributed by atoms with van der Waals surface area (Å²) in [5.74, 6) is 1.19. The van der Waals surface area contributed by atoms with Crippen molar-refractivity contribution in [3.05, 3.63) is 114 Å². The van der Waals surface area contributed by atoms with Crippen molar-refractivity contribution < 1.29 is 14.3 Å². The molecule has 2 aromatic carbocycles. The highest BCUT2D eigenvalue weighted by Crippen LogP contribution is 2.38. The zero-order valence-corrected chi connectivity index (χ0v) is 23.8. The predicted octanol–water partition coefficient (Wildman–Crippen LogP) is 6.26. The number of hydrogen-bond acceptors (Lipinski definition) is 9. The summed E-state index contributed by atoms with van der Waals surface area (Å²) in [5.41, 5.74) is 4.64. The van der Waals surface area contributed by atoms with E-state index in [2.05, 4.69) is 37.0 Å². The standard InChI is InChI=1S/C34H29N7O3/c35-19-25-20-38-29-18-31(44-27-10-14-37-15-11-27)30(41-32(42)16-23-8-12-36-13-9-23)17-28(29)34(25)40-26-6-7-33(39-21-26)43-22-24-4-2-1-3-5-24/h1-7,10-11,14-18,20-21,36H,8-9,12-13,22H2,(H,38,40)(H,41,42). The molecular weight excluding hydrogens is 554 g/mol. The van der Waals surface area contributed by atoms with E-state index in [1.807, 2.05) is 36.4 Å². The number of amides is 1. The van der Waals surface area contributed by atoms with E-state index in [1.54, 1.807) is 55.0 Å². The topological polar surface area (TPSA) is 134 Å². The molecule has 0 spiro atoms. The summed E-state index contributed by atoms with van der Waals surface area (Å²) in [7, 11) is 0. The number of ether oxygens (including phenoxy) is 2. The van der Waals surface area contributed by atoms with E-state index in [4.69, 9.17) is 9.47 Å². The molecule has 0 atom stereocenters. The summed E-state index contributed by atoms with van der Waals surface area (Å²) < 4.78 is 12.0. The van der Waals surface area contributed by atoms with E-state index in [9.17, 15) is 10.1 Å². The van der Waals surface area contributed by atoms with E-state index in [1.165, 1.54) is 6.20 Å². The molecule has 10 heteroatoms. The monoisotopic (exact) mass is 583 g/mol. The fraction of sp³-hybridized carbons (Fsp3) is 0.147. The predicted molar refractivity (Wildman–Crippen MR) is 168 cm³/mol. The van der Waals surface area contributed by atoms with Crippen LogP contribution in [0.3, 0.4) is 0 Å². The molecule has 1 aliphatic heterocycles. The van der Waals surface area contributed by atoms with Crippen molar-refractivity contribution in [1.82, 2.24) is 20.3 Å². The minimum atomic E-state index is -0.255. The van der Waals surface area contributed by atoms with Crippen LogP contribution in [0.25, 0.3) is 10.9 Å². The normalized spacial score (nSPS) is 12.7. The largest absolute Gasteiger partial charge is 0.473 e. The first-order valence-corrected chi connectivity index (χ1v) is 14.2. The highest BCUT2D eigenvalue weighted by molar-refractivity contribution is 6.05. The van der Waals surface area contributed by atoms with Crippen LogP contribution in [0, 0.1) is 11.3 Å². The Hall–Kier alpha value is -5.79. The molecular formula is C34H29N7O3. The third-order valence-electron chi connectivity index (χ3n) is 7.04. The molecule has 0 bridgehead atoms. The minimum Gasteiger partial charge on any atom is -0.473 e. The Balaban J connectivity index is 1.31. The van der Waals surface area contributed by atoms with Crippen LogP contribution in [-0.4, -0.2) is 33.9 Å². The number of piperidine rings is 1. The summed E-state index contributed by atoms with van der Waals surface area (Å²) >= 11 is 0. The highest BCUT2D eigenvalue weighted by atomic mass is 16.5. The number of nitrogens with zero attached hydrogens (tertiary/aromatic N) is 4. The van der Waals surface area contributed by atoms with Gasteiger partial charge in [0, 0.05) is 42.2 Å². The first-order chi connectivity index (χ1) is 21.6. The third kappa shape index (κ3) is 6.98. The number of anilines is 3. The Bertz CT molecular complexity index is 1830. The average Bonchev–Trinajstić information content (AvgIpc) is 3.06. The summed E-state index contributed by atoms with van der Waals surface area (Å²) in [6.07, 6.45) is 9.69. The first-order valence-electron chi connectivity index (χ1n) is 14.2. The van der Waals surface area contributed by atoms with Crippen molar-refractivity contribution in [2.24, 2.45) is 0 Å². The molecule has 1 fully saturated rings. The third-order valence-corrected chi connectivity index (χ3v) is 7.04.